The van der Waals surface area contributed by atoms with Crippen LogP contribution in [0.25, 0.3) is 0 Å². The molecule has 2 N–H and O–H groups in total. The predicted molar refractivity (Wildman–Crippen MR) is 149 cm³/mol. The Morgan fingerprint density at radius 2 is 2.02 bits per heavy atom. The monoisotopic (exact) mass is 547 g/mol. The molecular formula is C30H37N5O5. The number of benzene rings is 2. The maximum Gasteiger partial charge on any atom is 0.254 e. The van der Waals surface area contributed by atoms with Crippen LogP contribution in [0.4, 0.5) is 0 Å². The first kappa shape index (κ1) is 27.7. The Kier molecular flexibility index (Phi) is 8.66. The largest absolute Gasteiger partial charge is 0.493 e. The Labute approximate surface area is 234 Å². The van der Waals surface area contributed by atoms with Crippen LogP contribution in [0.1, 0.15) is 41.9 Å². The van der Waals surface area contributed by atoms with Crippen LogP contribution >= 0.6 is 0 Å². The summed E-state index contributed by atoms with van der Waals surface area (Å²) in [4.78, 5) is 37.5. The molecule has 2 aromatic carbocycles. The van der Waals surface area contributed by atoms with Crippen molar-refractivity contribution in [2.45, 2.75) is 45.6 Å². The summed E-state index contributed by atoms with van der Waals surface area (Å²) in [5.41, 5.74) is 2.37. The van der Waals surface area contributed by atoms with Crippen molar-refractivity contribution in [3.05, 3.63) is 71.8 Å². The van der Waals surface area contributed by atoms with E-state index in [4.69, 9.17) is 14.2 Å². The number of rotatable bonds is 5. The van der Waals surface area contributed by atoms with Crippen molar-refractivity contribution in [1.82, 2.24) is 25.1 Å². The number of hydrogen-bond acceptors (Lipinski definition) is 7. The van der Waals surface area contributed by atoms with Gasteiger partial charge in [-0.2, -0.15) is 0 Å². The van der Waals surface area contributed by atoms with E-state index in [0.717, 1.165) is 30.8 Å². The second kappa shape index (κ2) is 12.5. The number of nitrogens with one attached hydrogen (secondary N) is 2. The zero-order chi connectivity index (χ0) is 28.1. The molecule has 0 radical (unpaired) electrons. The van der Waals surface area contributed by atoms with Crippen LogP contribution in [0.15, 0.2) is 55.0 Å². The van der Waals surface area contributed by atoms with Gasteiger partial charge in [0, 0.05) is 50.2 Å². The maximum atomic E-state index is 13.4. The molecule has 0 saturated carbocycles. The molecule has 1 saturated heterocycles. The Hall–Kier alpha value is -3.89. The zero-order valence-corrected chi connectivity index (χ0v) is 23.3. The van der Waals surface area contributed by atoms with Gasteiger partial charge in [0.05, 0.1) is 38.2 Å². The van der Waals surface area contributed by atoms with Crippen LogP contribution in [0, 0.1) is 5.92 Å². The molecule has 0 unspecified atom stereocenters. The van der Waals surface area contributed by atoms with Crippen LogP contribution in [0.3, 0.4) is 0 Å². The lowest BCUT2D eigenvalue weighted by Crippen LogP contribution is -2.56. The maximum absolute atomic E-state index is 13.4. The number of piperidine rings is 1. The molecule has 0 aliphatic carbocycles. The van der Waals surface area contributed by atoms with E-state index in [1.165, 1.54) is 4.90 Å². The summed E-state index contributed by atoms with van der Waals surface area (Å²) in [6.45, 7) is 7.09. The number of likely N-dealkylation sites (tertiary alicyclic amines) is 1. The number of carbonyl (C=O) groups is 2. The minimum absolute atomic E-state index is 0.0772. The average Bonchev–Trinajstić information content (AvgIpc) is 3.44. The van der Waals surface area contributed by atoms with Gasteiger partial charge >= 0.3 is 0 Å². The lowest BCUT2D eigenvalue weighted by atomic mass is 10.0. The summed E-state index contributed by atoms with van der Waals surface area (Å²) < 4.78 is 18.5. The Morgan fingerprint density at radius 3 is 2.83 bits per heavy atom. The molecular weight excluding hydrogens is 510 g/mol. The number of imidazole rings is 1. The highest BCUT2D eigenvalue weighted by atomic mass is 16.5. The van der Waals surface area contributed by atoms with E-state index in [2.05, 4.69) is 34.0 Å². The van der Waals surface area contributed by atoms with Gasteiger partial charge in [0.1, 0.15) is 17.2 Å². The number of likely N-dealkylation sites (N-methyl/N-ethyl adjacent to an activating group) is 1. The third-order valence-electron chi connectivity index (χ3n) is 6.97. The predicted octanol–water partition coefficient (Wildman–Crippen LogP) is 3.60. The molecule has 3 heterocycles. The Bertz CT molecular complexity index is 1310. The number of nitrogens with zero attached hydrogens (tertiary/aromatic N) is 3. The van der Waals surface area contributed by atoms with Crippen LogP contribution < -0.4 is 14.8 Å². The molecule has 3 aromatic rings. The summed E-state index contributed by atoms with van der Waals surface area (Å²) >= 11 is 0. The van der Waals surface area contributed by atoms with Gasteiger partial charge in [0.15, 0.2) is 0 Å². The van der Waals surface area contributed by atoms with Gasteiger partial charge in [-0.25, -0.2) is 4.98 Å². The summed E-state index contributed by atoms with van der Waals surface area (Å²) in [6, 6.07) is 12.7. The summed E-state index contributed by atoms with van der Waals surface area (Å²) in [5, 5.41) is 3.13. The van der Waals surface area contributed by atoms with Gasteiger partial charge in [-0.05, 0) is 42.2 Å². The van der Waals surface area contributed by atoms with Crippen molar-refractivity contribution >= 4 is 11.8 Å². The molecule has 2 atom stereocenters. The normalized spacial score (nSPS) is 20.6. The fourth-order valence-electron chi connectivity index (χ4n) is 4.97. The molecule has 5 rings (SSSR count). The standard InChI is InChI=1S/C30H37N5O5/c1-20(2)17-38-25-10-22-11-26(12-25)40-24-6-4-5-21(9-24)18-39-28-15-35(14-23-13-31-19-32-23)8-7-27(28)33-29(36)16-34(3)30(22)37/h4-6,9-13,19-20,27-28H,7-8,14-18H2,1-3H3,(H,31,32)(H,33,36)/t27-,28-/m0/s1. The van der Waals surface area contributed by atoms with Gasteiger partial charge in [-0.1, -0.05) is 26.0 Å². The highest BCUT2D eigenvalue weighted by molar-refractivity contribution is 5.97. The average molecular weight is 548 g/mol. The van der Waals surface area contributed by atoms with Gasteiger partial charge in [0.2, 0.25) is 5.91 Å². The first-order chi connectivity index (χ1) is 19.3. The second-order valence-corrected chi connectivity index (χ2v) is 10.9. The molecule has 1 aromatic heterocycles. The number of hydrogen-bond donors (Lipinski definition) is 2. The van der Waals surface area contributed by atoms with Crippen molar-refractivity contribution in [2.24, 2.45) is 5.92 Å². The van der Waals surface area contributed by atoms with Crippen molar-refractivity contribution in [2.75, 3.05) is 33.3 Å². The number of carbonyl (C=O) groups excluding carboxylic acids is 2. The minimum atomic E-state index is -0.294. The summed E-state index contributed by atoms with van der Waals surface area (Å²) in [5.74, 6) is 1.45. The molecule has 10 heteroatoms. The molecule has 1 fully saturated rings. The van der Waals surface area contributed by atoms with E-state index in [0.29, 0.717) is 48.5 Å². The molecule has 4 bridgehead atoms. The van der Waals surface area contributed by atoms with Crippen LogP contribution in [-0.4, -0.2) is 77.0 Å². The summed E-state index contributed by atoms with van der Waals surface area (Å²) in [7, 11) is 1.62. The second-order valence-electron chi connectivity index (χ2n) is 10.9. The first-order valence-corrected chi connectivity index (χ1v) is 13.7. The smallest absolute Gasteiger partial charge is 0.254 e. The van der Waals surface area contributed by atoms with Crippen LogP contribution in [0.2, 0.25) is 0 Å². The number of aromatic amines is 1. The van der Waals surface area contributed by atoms with E-state index in [1.54, 1.807) is 31.6 Å². The topological polar surface area (TPSA) is 109 Å². The summed E-state index contributed by atoms with van der Waals surface area (Å²) in [6.07, 6.45) is 3.99. The van der Waals surface area contributed by atoms with E-state index in [1.807, 2.05) is 30.5 Å². The molecule has 40 heavy (non-hydrogen) atoms. The number of aromatic nitrogens is 2. The molecule has 10 nitrogen and oxygen atoms in total. The number of amides is 2. The molecule has 2 aliphatic rings. The highest BCUT2D eigenvalue weighted by Gasteiger charge is 2.32. The molecule has 212 valence electrons. The number of fused-ring (bicyclic) bond motifs is 5. The highest BCUT2D eigenvalue weighted by Crippen LogP contribution is 2.29. The lowest BCUT2D eigenvalue weighted by Gasteiger charge is -2.38. The zero-order valence-electron chi connectivity index (χ0n) is 23.3. The number of H-pyrrole nitrogens is 1. The van der Waals surface area contributed by atoms with E-state index >= 15 is 0 Å². The quantitative estimate of drug-likeness (QED) is 0.502. The van der Waals surface area contributed by atoms with Crippen LogP contribution in [-0.2, 0) is 22.7 Å². The van der Waals surface area contributed by atoms with Gasteiger partial charge in [0.25, 0.3) is 5.91 Å². The van der Waals surface area contributed by atoms with Gasteiger partial charge < -0.3 is 29.4 Å². The van der Waals surface area contributed by atoms with Gasteiger partial charge in [-0.15, -0.1) is 0 Å². The lowest BCUT2D eigenvalue weighted by molar-refractivity contribution is -0.125. The fraction of sp³-hybridized carbons (Fsp3) is 0.433. The minimum Gasteiger partial charge on any atom is -0.493 e. The van der Waals surface area contributed by atoms with Crippen molar-refractivity contribution in [3.8, 4) is 17.2 Å². The van der Waals surface area contributed by atoms with Gasteiger partial charge in [-0.3, -0.25) is 14.5 Å². The Morgan fingerprint density at radius 1 is 1.15 bits per heavy atom. The van der Waals surface area contributed by atoms with E-state index in [9.17, 15) is 9.59 Å². The molecule has 2 amide bonds. The molecule has 0 spiro atoms. The third kappa shape index (κ3) is 7.19. The van der Waals surface area contributed by atoms with Crippen LogP contribution in [0.5, 0.6) is 17.2 Å². The van der Waals surface area contributed by atoms with Crippen molar-refractivity contribution in [3.63, 3.8) is 0 Å². The van der Waals surface area contributed by atoms with E-state index < -0.39 is 0 Å². The molecule has 2 aliphatic heterocycles. The third-order valence-corrected chi connectivity index (χ3v) is 6.97. The SMILES string of the molecule is CC(C)COc1cc2cc(c1)C(=O)N(C)CC(=O)N[C@H]1CCN(Cc3cnc[nH]3)C[C@@H]1OCc1cccc(c1)O2. The first-order valence-electron chi connectivity index (χ1n) is 13.7. The number of ether oxygens (including phenoxy) is 3. The van der Waals surface area contributed by atoms with Crippen molar-refractivity contribution < 1.29 is 23.8 Å². The van der Waals surface area contributed by atoms with E-state index in [-0.39, 0.29) is 30.5 Å². The fourth-order valence-corrected chi connectivity index (χ4v) is 4.97. The van der Waals surface area contributed by atoms with Crippen molar-refractivity contribution in [1.29, 1.82) is 0 Å². The Balaban J connectivity index is 1.41.